The zero-order chi connectivity index (χ0) is 20.6. The molecule has 0 aromatic heterocycles. The van der Waals surface area contributed by atoms with E-state index in [2.05, 4.69) is 25.8 Å². The summed E-state index contributed by atoms with van der Waals surface area (Å²) in [5.74, 6) is 1.04. The highest BCUT2D eigenvalue weighted by Gasteiger charge is 2.32. The number of rotatable bonds is 7. The fourth-order valence-corrected chi connectivity index (χ4v) is 3.71. The first-order valence-corrected chi connectivity index (χ1v) is 10.5. The maximum atomic E-state index is 13.5. The van der Waals surface area contributed by atoms with Gasteiger partial charge in [-0.15, -0.1) is 0 Å². The molecule has 1 aromatic carbocycles. The summed E-state index contributed by atoms with van der Waals surface area (Å²) < 4.78 is 18.5. The van der Waals surface area contributed by atoms with E-state index in [0.717, 1.165) is 50.4 Å². The third-order valence-electron chi connectivity index (χ3n) is 5.49. The number of alkyl carbamates (subject to hydrolysis) is 1. The van der Waals surface area contributed by atoms with Gasteiger partial charge < -0.3 is 25.6 Å². The van der Waals surface area contributed by atoms with Crippen molar-refractivity contribution in [3.8, 4) is 0 Å². The standard InChI is InChI=1S/C21H32FN5O2/c1-3-29-21(28)26-19(15-7-8-15)14-24-20(23-2)25-17-9-11-27(12-10-17)18-6-4-5-16(22)13-18/h4-6,13,15,17,19H,3,7-12,14H2,1-2H3,(H,26,28)(H2,23,24,25). The molecule has 1 saturated carbocycles. The molecule has 1 heterocycles. The molecule has 2 fully saturated rings. The average Bonchev–Trinajstić information content (AvgIpc) is 3.56. The highest BCUT2D eigenvalue weighted by molar-refractivity contribution is 5.80. The van der Waals surface area contributed by atoms with Crippen molar-refractivity contribution in [3.63, 3.8) is 0 Å². The molecular formula is C21H32FN5O2. The highest BCUT2D eigenvalue weighted by atomic mass is 19.1. The molecule has 1 atom stereocenters. The smallest absolute Gasteiger partial charge is 0.407 e. The topological polar surface area (TPSA) is 78.0 Å². The summed E-state index contributed by atoms with van der Waals surface area (Å²) >= 11 is 0. The van der Waals surface area contributed by atoms with E-state index in [4.69, 9.17) is 4.74 Å². The van der Waals surface area contributed by atoms with Crippen LogP contribution in [0.2, 0.25) is 0 Å². The van der Waals surface area contributed by atoms with E-state index < -0.39 is 0 Å². The van der Waals surface area contributed by atoms with Crippen LogP contribution in [0.25, 0.3) is 0 Å². The van der Waals surface area contributed by atoms with Gasteiger partial charge in [0.15, 0.2) is 5.96 Å². The Morgan fingerprint density at radius 1 is 1.31 bits per heavy atom. The number of hydrogen-bond acceptors (Lipinski definition) is 4. The number of nitrogens with zero attached hydrogens (tertiary/aromatic N) is 2. The predicted octanol–water partition coefficient (Wildman–Crippen LogP) is 2.48. The summed E-state index contributed by atoms with van der Waals surface area (Å²) in [5.41, 5.74) is 0.934. The van der Waals surface area contributed by atoms with E-state index in [1.165, 1.54) is 6.07 Å². The SMILES string of the molecule is CCOC(=O)NC(CNC(=NC)NC1CCN(c2cccc(F)c2)CC1)C1CC1. The van der Waals surface area contributed by atoms with Crippen molar-refractivity contribution in [1.29, 1.82) is 0 Å². The second-order valence-corrected chi connectivity index (χ2v) is 7.65. The van der Waals surface area contributed by atoms with Crippen LogP contribution in [0.5, 0.6) is 0 Å². The molecule has 1 aliphatic heterocycles. The fourth-order valence-electron chi connectivity index (χ4n) is 3.71. The number of anilines is 1. The second-order valence-electron chi connectivity index (χ2n) is 7.65. The van der Waals surface area contributed by atoms with Crippen molar-refractivity contribution in [2.24, 2.45) is 10.9 Å². The van der Waals surface area contributed by atoms with Crippen molar-refractivity contribution >= 4 is 17.7 Å². The maximum absolute atomic E-state index is 13.5. The molecule has 0 spiro atoms. The summed E-state index contributed by atoms with van der Waals surface area (Å²) in [7, 11) is 1.75. The molecule has 0 radical (unpaired) electrons. The summed E-state index contributed by atoms with van der Waals surface area (Å²) in [6.45, 7) is 4.52. The van der Waals surface area contributed by atoms with Gasteiger partial charge in [0.2, 0.25) is 0 Å². The first-order chi connectivity index (χ1) is 14.1. The van der Waals surface area contributed by atoms with Crippen LogP contribution < -0.4 is 20.9 Å². The van der Waals surface area contributed by atoms with E-state index in [0.29, 0.717) is 25.1 Å². The first kappa shape index (κ1) is 21.2. The minimum Gasteiger partial charge on any atom is -0.450 e. The molecule has 29 heavy (non-hydrogen) atoms. The van der Waals surface area contributed by atoms with Gasteiger partial charge in [0, 0.05) is 38.4 Å². The minimum atomic E-state index is -0.362. The van der Waals surface area contributed by atoms with Gasteiger partial charge in [-0.2, -0.15) is 0 Å². The number of aliphatic imine (C=N–C) groups is 1. The Kier molecular flexibility index (Phi) is 7.55. The average molecular weight is 406 g/mol. The quantitative estimate of drug-likeness (QED) is 0.480. The Balaban J connectivity index is 1.44. The fraction of sp³-hybridized carbons (Fsp3) is 0.619. The van der Waals surface area contributed by atoms with Crippen molar-refractivity contribution < 1.29 is 13.9 Å². The lowest BCUT2D eigenvalue weighted by Gasteiger charge is -2.34. The number of benzene rings is 1. The third kappa shape index (κ3) is 6.51. The lowest BCUT2D eigenvalue weighted by atomic mass is 10.0. The van der Waals surface area contributed by atoms with Gasteiger partial charge in [-0.3, -0.25) is 4.99 Å². The Labute approximate surface area is 172 Å². The second kappa shape index (κ2) is 10.3. The van der Waals surface area contributed by atoms with Crippen LogP contribution in [0.1, 0.15) is 32.6 Å². The van der Waals surface area contributed by atoms with Crippen molar-refractivity contribution in [1.82, 2.24) is 16.0 Å². The number of halogens is 1. The monoisotopic (exact) mass is 405 g/mol. The van der Waals surface area contributed by atoms with Crippen molar-refractivity contribution in [2.45, 2.75) is 44.7 Å². The van der Waals surface area contributed by atoms with Crippen LogP contribution in [0.3, 0.4) is 0 Å². The zero-order valence-corrected chi connectivity index (χ0v) is 17.3. The number of hydrogen-bond donors (Lipinski definition) is 3. The van der Waals surface area contributed by atoms with Gasteiger partial charge in [-0.1, -0.05) is 6.07 Å². The first-order valence-electron chi connectivity index (χ1n) is 10.5. The van der Waals surface area contributed by atoms with Crippen molar-refractivity contribution in [2.75, 3.05) is 38.2 Å². The molecular weight excluding hydrogens is 373 g/mol. The molecule has 3 rings (SSSR count). The normalized spacial score (nSPS) is 18.9. The van der Waals surface area contributed by atoms with E-state index in [1.807, 2.05) is 6.07 Å². The molecule has 1 amide bonds. The summed E-state index contributed by atoms with van der Waals surface area (Å²) in [6.07, 6.45) is 3.79. The van der Waals surface area contributed by atoms with Gasteiger partial charge in [0.25, 0.3) is 0 Å². The van der Waals surface area contributed by atoms with Crippen molar-refractivity contribution in [3.05, 3.63) is 30.1 Å². The van der Waals surface area contributed by atoms with Gasteiger partial charge in [0.05, 0.1) is 12.6 Å². The molecule has 0 bridgehead atoms. The number of nitrogens with one attached hydrogen (secondary N) is 3. The minimum absolute atomic E-state index is 0.0439. The molecule has 2 aliphatic rings. The van der Waals surface area contributed by atoms with Crippen LogP contribution in [-0.4, -0.2) is 57.4 Å². The maximum Gasteiger partial charge on any atom is 0.407 e. The lowest BCUT2D eigenvalue weighted by Crippen LogP contribution is -2.52. The number of carbonyl (C=O) groups excluding carboxylic acids is 1. The Morgan fingerprint density at radius 2 is 2.07 bits per heavy atom. The number of ether oxygens (including phenoxy) is 1. The van der Waals surface area contributed by atoms with Gasteiger partial charge in [-0.05, 0) is 56.7 Å². The number of guanidine groups is 1. The van der Waals surface area contributed by atoms with Gasteiger partial charge in [0.1, 0.15) is 5.82 Å². The highest BCUT2D eigenvalue weighted by Crippen LogP contribution is 2.32. The van der Waals surface area contributed by atoms with Gasteiger partial charge >= 0.3 is 6.09 Å². The summed E-state index contributed by atoms with van der Waals surface area (Å²) in [6, 6.07) is 7.11. The largest absolute Gasteiger partial charge is 0.450 e. The van der Waals surface area contributed by atoms with E-state index in [-0.39, 0.29) is 18.0 Å². The summed E-state index contributed by atoms with van der Waals surface area (Å²) in [5, 5.41) is 9.77. The molecule has 1 saturated heterocycles. The number of carbonyl (C=O) groups is 1. The number of piperidine rings is 1. The van der Waals surface area contributed by atoms with E-state index in [1.54, 1.807) is 26.1 Å². The van der Waals surface area contributed by atoms with Crippen LogP contribution in [0.15, 0.2) is 29.3 Å². The number of amides is 1. The summed E-state index contributed by atoms with van der Waals surface area (Å²) in [4.78, 5) is 18.3. The third-order valence-corrected chi connectivity index (χ3v) is 5.49. The van der Waals surface area contributed by atoms with Crippen LogP contribution in [0, 0.1) is 11.7 Å². The Morgan fingerprint density at radius 3 is 2.69 bits per heavy atom. The van der Waals surface area contributed by atoms with Crippen LogP contribution in [0.4, 0.5) is 14.9 Å². The molecule has 160 valence electrons. The predicted molar refractivity (Wildman–Crippen MR) is 113 cm³/mol. The Hall–Kier alpha value is -2.51. The molecule has 1 unspecified atom stereocenters. The van der Waals surface area contributed by atoms with Crippen LogP contribution >= 0.6 is 0 Å². The van der Waals surface area contributed by atoms with E-state index in [9.17, 15) is 9.18 Å². The van der Waals surface area contributed by atoms with E-state index >= 15 is 0 Å². The molecule has 8 heteroatoms. The van der Waals surface area contributed by atoms with Crippen LogP contribution in [-0.2, 0) is 4.74 Å². The Bertz CT molecular complexity index is 702. The molecule has 3 N–H and O–H groups in total. The molecule has 7 nitrogen and oxygen atoms in total. The molecule has 1 aliphatic carbocycles. The van der Waals surface area contributed by atoms with Gasteiger partial charge in [-0.25, -0.2) is 9.18 Å². The zero-order valence-electron chi connectivity index (χ0n) is 17.3. The lowest BCUT2D eigenvalue weighted by molar-refractivity contribution is 0.146. The molecule has 1 aromatic rings.